The van der Waals surface area contributed by atoms with Crippen molar-refractivity contribution >= 4 is 5.97 Å². The molecule has 0 radical (unpaired) electrons. The maximum atomic E-state index is 11.3. The molecule has 0 heterocycles. The highest BCUT2D eigenvalue weighted by Gasteiger charge is 2.06. The lowest BCUT2D eigenvalue weighted by Crippen LogP contribution is -2.02. The van der Waals surface area contributed by atoms with Gasteiger partial charge in [0.25, 0.3) is 0 Å². The molecule has 0 aliphatic carbocycles. The number of ether oxygens (including phenoxy) is 1. The van der Waals surface area contributed by atoms with E-state index in [1.807, 2.05) is 13.0 Å². The summed E-state index contributed by atoms with van der Waals surface area (Å²) >= 11 is 0. The van der Waals surface area contributed by atoms with Crippen molar-refractivity contribution in [3.63, 3.8) is 0 Å². The second kappa shape index (κ2) is 5.94. The molecule has 1 rings (SSSR count). The maximum Gasteiger partial charge on any atom is 0.337 e. The molecule has 0 atom stereocenters. The molecule has 0 aliphatic rings. The minimum atomic E-state index is -0.345. The zero-order valence-corrected chi connectivity index (χ0v) is 9.54. The Morgan fingerprint density at radius 2 is 2.25 bits per heavy atom. The van der Waals surface area contributed by atoms with Gasteiger partial charge in [-0.25, -0.2) is 4.79 Å². The highest BCUT2D eigenvalue weighted by Crippen LogP contribution is 2.11. The molecule has 0 bridgehead atoms. The Bertz CT molecular complexity index is 441. The van der Waals surface area contributed by atoms with Crippen molar-refractivity contribution in [3.05, 3.63) is 34.9 Å². The summed E-state index contributed by atoms with van der Waals surface area (Å²) in [6.07, 6.45) is 0.655. The summed E-state index contributed by atoms with van der Waals surface area (Å²) in [7, 11) is 1.36. The van der Waals surface area contributed by atoms with Gasteiger partial charge in [-0.1, -0.05) is 17.9 Å². The largest absolute Gasteiger partial charge is 0.465 e. The summed E-state index contributed by atoms with van der Waals surface area (Å²) in [6, 6.07) is 5.33. The summed E-state index contributed by atoms with van der Waals surface area (Å²) in [5, 5.41) is 0. The summed E-state index contributed by atoms with van der Waals surface area (Å²) < 4.78 is 4.65. The van der Waals surface area contributed by atoms with Crippen molar-refractivity contribution in [1.82, 2.24) is 0 Å². The number of benzene rings is 1. The van der Waals surface area contributed by atoms with E-state index in [4.69, 9.17) is 5.73 Å². The lowest BCUT2D eigenvalue weighted by molar-refractivity contribution is 0.0600. The van der Waals surface area contributed by atoms with Crippen LogP contribution < -0.4 is 5.73 Å². The Morgan fingerprint density at radius 1 is 1.50 bits per heavy atom. The van der Waals surface area contributed by atoms with E-state index in [1.165, 1.54) is 7.11 Å². The van der Waals surface area contributed by atoms with Crippen LogP contribution in [0.4, 0.5) is 0 Å². The number of hydrogen-bond acceptors (Lipinski definition) is 3. The van der Waals surface area contributed by atoms with Crippen molar-refractivity contribution in [2.75, 3.05) is 13.7 Å². The quantitative estimate of drug-likeness (QED) is 0.603. The Labute approximate surface area is 95.6 Å². The van der Waals surface area contributed by atoms with Crippen LogP contribution in [-0.2, 0) is 4.74 Å². The minimum absolute atomic E-state index is 0.345. The highest BCUT2D eigenvalue weighted by atomic mass is 16.5. The van der Waals surface area contributed by atoms with E-state index in [0.29, 0.717) is 18.5 Å². The Hall–Kier alpha value is -1.79. The molecule has 0 unspecified atom stereocenters. The van der Waals surface area contributed by atoms with Crippen LogP contribution in [0.15, 0.2) is 18.2 Å². The van der Waals surface area contributed by atoms with Gasteiger partial charge in [0.2, 0.25) is 0 Å². The number of carbonyl (C=O) groups is 1. The van der Waals surface area contributed by atoms with Crippen LogP contribution >= 0.6 is 0 Å². The number of methoxy groups -OCH3 is 1. The monoisotopic (exact) mass is 217 g/mol. The van der Waals surface area contributed by atoms with Crippen molar-refractivity contribution in [1.29, 1.82) is 0 Å². The van der Waals surface area contributed by atoms with Crippen molar-refractivity contribution < 1.29 is 9.53 Å². The fourth-order valence-electron chi connectivity index (χ4n) is 1.23. The lowest BCUT2D eigenvalue weighted by Gasteiger charge is -2.02. The van der Waals surface area contributed by atoms with Gasteiger partial charge in [-0.3, -0.25) is 0 Å². The van der Waals surface area contributed by atoms with E-state index in [2.05, 4.69) is 16.6 Å². The number of aryl methyl sites for hydroxylation is 1. The van der Waals surface area contributed by atoms with Crippen LogP contribution in [0, 0.1) is 18.8 Å². The molecule has 16 heavy (non-hydrogen) atoms. The summed E-state index contributed by atoms with van der Waals surface area (Å²) in [4.78, 5) is 11.3. The highest BCUT2D eigenvalue weighted by molar-refractivity contribution is 5.89. The molecule has 0 aromatic heterocycles. The zero-order chi connectivity index (χ0) is 12.0. The Morgan fingerprint density at radius 3 is 2.88 bits per heavy atom. The van der Waals surface area contributed by atoms with E-state index >= 15 is 0 Å². The SMILES string of the molecule is COC(=O)c1ccc(C)c(C#CCCN)c1. The van der Waals surface area contributed by atoms with Gasteiger partial charge in [-0.15, -0.1) is 0 Å². The summed E-state index contributed by atoms with van der Waals surface area (Å²) in [5.74, 6) is 5.60. The Balaban J connectivity index is 3.01. The van der Waals surface area contributed by atoms with Gasteiger partial charge in [0, 0.05) is 18.5 Å². The van der Waals surface area contributed by atoms with Gasteiger partial charge in [0.05, 0.1) is 12.7 Å². The molecule has 84 valence electrons. The van der Waals surface area contributed by atoms with Crippen molar-refractivity contribution in [3.8, 4) is 11.8 Å². The van der Waals surface area contributed by atoms with Gasteiger partial charge >= 0.3 is 5.97 Å². The predicted molar refractivity (Wildman–Crippen MR) is 63.1 cm³/mol. The summed E-state index contributed by atoms with van der Waals surface area (Å²) in [6.45, 7) is 2.50. The first kappa shape index (κ1) is 12.3. The smallest absolute Gasteiger partial charge is 0.337 e. The van der Waals surface area contributed by atoms with Gasteiger partial charge in [0.15, 0.2) is 0 Å². The molecule has 1 aromatic carbocycles. The topological polar surface area (TPSA) is 52.3 Å². The van der Waals surface area contributed by atoms with Crippen LogP contribution in [0.25, 0.3) is 0 Å². The van der Waals surface area contributed by atoms with Crippen molar-refractivity contribution in [2.24, 2.45) is 5.73 Å². The molecule has 0 amide bonds. The fraction of sp³-hybridized carbons (Fsp3) is 0.308. The molecule has 2 N–H and O–H groups in total. The van der Waals surface area contributed by atoms with E-state index in [9.17, 15) is 4.79 Å². The standard InChI is InChI=1S/C13H15NO2/c1-10-6-7-12(13(15)16-2)9-11(10)5-3-4-8-14/h6-7,9H,4,8,14H2,1-2H3. The first-order valence-corrected chi connectivity index (χ1v) is 5.07. The van der Waals surface area contributed by atoms with Crippen LogP contribution in [0.5, 0.6) is 0 Å². The zero-order valence-electron chi connectivity index (χ0n) is 9.54. The first-order chi connectivity index (χ1) is 7.69. The molecule has 0 fully saturated rings. The third-order valence-corrected chi connectivity index (χ3v) is 2.15. The van der Waals surface area contributed by atoms with E-state index in [-0.39, 0.29) is 5.97 Å². The lowest BCUT2D eigenvalue weighted by atomic mass is 10.1. The van der Waals surface area contributed by atoms with E-state index in [1.54, 1.807) is 12.1 Å². The normalized spacial score (nSPS) is 9.19. The molecule has 3 heteroatoms. The van der Waals surface area contributed by atoms with Crippen LogP contribution in [-0.4, -0.2) is 19.6 Å². The number of nitrogens with two attached hydrogens (primary N) is 1. The molecule has 0 saturated heterocycles. The predicted octanol–water partition coefficient (Wildman–Crippen LogP) is 1.48. The number of carbonyl (C=O) groups excluding carboxylic acids is 1. The molecule has 0 spiro atoms. The van der Waals surface area contributed by atoms with Gasteiger partial charge in [0.1, 0.15) is 0 Å². The van der Waals surface area contributed by atoms with Crippen LogP contribution in [0.1, 0.15) is 27.9 Å². The second-order valence-corrected chi connectivity index (χ2v) is 3.36. The third-order valence-electron chi connectivity index (χ3n) is 2.15. The minimum Gasteiger partial charge on any atom is -0.465 e. The molecular formula is C13H15NO2. The average Bonchev–Trinajstić information content (AvgIpc) is 2.31. The second-order valence-electron chi connectivity index (χ2n) is 3.36. The number of esters is 1. The first-order valence-electron chi connectivity index (χ1n) is 5.07. The van der Waals surface area contributed by atoms with Gasteiger partial charge < -0.3 is 10.5 Å². The fourth-order valence-corrected chi connectivity index (χ4v) is 1.23. The Kier molecular flexibility index (Phi) is 4.56. The van der Waals surface area contributed by atoms with Gasteiger partial charge in [-0.05, 0) is 24.6 Å². The molecule has 1 aromatic rings. The number of rotatable bonds is 2. The van der Waals surface area contributed by atoms with E-state index < -0.39 is 0 Å². The van der Waals surface area contributed by atoms with Crippen LogP contribution in [0.3, 0.4) is 0 Å². The molecule has 3 nitrogen and oxygen atoms in total. The molecular weight excluding hydrogens is 202 g/mol. The maximum absolute atomic E-state index is 11.3. The average molecular weight is 217 g/mol. The molecule has 0 saturated carbocycles. The molecule has 0 aliphatic heterocycles. The van der Waals surface area contributed by atoms with Crippen molar-refractivity contribution in [2.45, 2.75) is 13.3 Å². The van der Waals surface area contributed by atoms with Crippen LogP contribution in [0.2, 0.25) is 0 Å². The number of hydrogen-bond donors (Lipinski definition) is 1. The third kappa shape index (κ3) is 3.11. The summed E-state index contributed by atoms with van der Waals surface area (Å²) in [5.41, 5.74) is 7.76. The van der Waals surface area contributed by atoms with E-state index in [0.717, 1.165) is 11.1 Å². The van der Waals surface area contributed by atoms with Gasteiger partial charge in [-0.2, -0.15) is 0 Å².